The molecular weight excluding hydrogens is 582 g/mol. The summed E-state index contributed by atoms with van der Waals surface area (Å²) < 4.78 is 5.55. The van der Waals surface area contributed by atoms with Gasteiger partial charge in [0.2, 0.25) is 5.91 Å². The molecule has 0 unspecified atom stereocenters. The standard InChI is InChI=1S/C36H37N5O5/c37-22-25-3-1-4-26(19-25)23-40(36(43)29-7-8-29)24-27-5-2-6-30(20-27)31-11-14-34(39-15-17-46-18-16-39)33(21-31)38-35(42)28-9-12-32(13-10-28)41(44)45/h1-6,9-14,19-21,29H,7-8,15-18,22-24,37H2,(H,38,42). The van der Waals surface area contributed by atoms with Gasteiger partial charge in [0.15, 0.2) is 0 Å². The molecule has 2 amide bonds. The van der Waals surface area contributed by atoms with Crippen LogP contribution in [0.1, 0.15) is 39.9 Å². The molecule has 0 spiro atoms. The number of nitro groups is 1. The maximum absolute atomic E-state index is 13.3. The van der Waals surface area contributed by atoms with Crippen molar-refractivity contribution >= 4 is 28.9 Å². The van der Waals surface area contributed by atoms with Gasteiger partial charge in [-0.25, -0.2) is 0 Å². The predicted molar refractivity (Wildman–Crippen MR) is 177 cm³/mol. The topological polar surface area (TPSA) is 131 Å². The van der Waals surface area contributed by atoms with Crippen molar-refractivity contribution in [3.63, 3.8) is 0 Å². The first kappa shape index (κ1) is 30.9. The highest BCUT2D eigenvalue weighted by atomic mass is 16.6. The molecule has 4 aromatic carbocycles. The van der Waals surface area contributed by atoms with Crippen LogP contribution in [0.4, 0.5) is 17.1 Å². The number of rotatable bonds is 11. The number of nitrogens with zero attached hydrogens (tertiary/aromatic N) is 3. The molecular formula is C36H37N5O5. The number of morpholine rings is 1. The van der Waals surface area contributed by atoms with Crippen molar-refractivity contribution in [3.05, 3.63) is 123 Å². The second-order valence-electron chi connectivity index (χ2n) is 11.8. The number of nitrogens with one attached hydrogen (secondary N) is 1. The van der Waals surface area contributed by atoms with E-state index in [2.05, 4.69) is 22.3 Å². The van der Waals surface area contributed by atoms with E-state index in [1.165, 1.54) is 24.3 Å². The summed E-state index contributed by atoms with van der Waals surface area (Å²) in [6.45, 7) is 4.00. The second kappa shape index (κ2) is 13.9. The van der Waals surface area contributed by atoms with Crippen LogP contribution in [0.3, 0.4) is 0 Å². The fraction of sp³-hybridized carbons (Fsp3) is 0.278. The minimum atomic E-state index is -0.490. The fourth-order valence-electron chi connectivity index (χ4n) is 5.77. The van der Waals surface area contributed by atoms with E-state index >= 15 is 0 Å². The molecule has 1 aliphatic carbocycles. The first-order valence-electron chi connectivity index (χ1n) is 15.6. The molecule has 0 bridgehead atoms. The Morgan fingerprint density at radius 1 is 0.870 bits per heavy atom. The summed E-state index contributed by atoms with van der Waals surface area (Å²) in [4.78, 5) is 41.3. The number of non-ortho nitro benzene ring substituents is 1. The minimum absolute atomic E-state index is 0.0751. The monoisotopic (exact) mass is 619 g/mol. The Labute approximate surface area is 267 Å². The normalized spacial score (nSPS) is 14.5. The summed E-state index contributed by atoms with van der Waals surface area (Å²) in [6.07, 6.45) is 1.87. The molecule has 46 heavy (non-hydrogen) atoms. The van der Waals surface area contributed by atoms with Gasteiger partial charge in [0, 0.05) is 56.3 Å². The lowest BCUT2D eigenvalue weighted by atomic mass is 10.0. The van der Waals surface area contributed by atoms with E-state index in [9.17, 15) is 19.7 Å². The summed E-state index contributed by atoms with van der Waals surface area (Å²) >= 11 is 0. The van der Waals surface area contributed by atoms with Crippen LogP contribution in [0.15, 0.2) is 91.0 Å². The molecule has 0 atom stereocenters. The van der Waals surface area contributed by atoms with Gasteiger partial charge in [-0.15, -0.1) is 0 Å². The van der Waals surface area contributed by atoms with Crippen molar-refractivity contribution in [3.8, 4) is 11.1 Å². The zero-order valence-corrected chi connectivity index (χ0v) is 25.6. The van der Waals surface area contributed by atoms with Crippen molar-refractivity contribution in [2.24, 2.45) is 11.7 Å². The quantitative estimate of drug-likeness (QED) is 0.162. The van der Waals surface area contributed by atoms with Crippen LogP contribution in [-0.2, 0) is 29.2 Å². The maximum atomic E-state index is 13.3. The molecule has 10 nitrogen and oxygen atoms in total. The van der Waals surface area contributed by atoms with Crippen LogP contribution >= 0.6 is 0 Å². The SMILES string of the molecule is NCc1cccc(CN(Cc2cccc(-c3ccc(N4CCOCC4)c(NC(=O)c4ccc([N+](=O)[O-])cc4)c3)c2)C(=O)C2CC2)c1. The van der Waals surface area contributed by atoms with Crippen molar-refractivity contribution in [2.45, 2.75) is 32.5 Å². The van der Waals surface area contributed by atoms with Gasteiger partial charge >= 0.3 is 0 Å². The van der Waals surface area contributed by atoms with Gasteiger partial charge in [0.25, 0.3) is 11.6 Å². The molecule has 2 fully saturated rings. The van der Waals surface area contributed by atoms with E-state index in [-0.39, 0.29) is 23.4 Å². The molecule has 236 valence electrons. The minimum Gasteiger partial charge on any atom is -0.378 e. The zero-order chi connectivity index (χ0) is 32.0. The smallest absolute Gasteiger partial charge is 0.269 e. The molecule has 2 aliphatic rings. The van der Waals surface area contributed by atoms with Crippen LogP contribution < -0.4 is 16.0 Å². The molecule has 1 heterocycles. The van der Waals surface area contributed by atoms with Gasteiger partial charge in [-0.2, -0.15) is 0 Å². The van der Waals surface area contributed by atoms with E-state index in [4.69, 9.17) is 10.5 Å². The number of anilines is 2. The Balaban J connectivity index is 1.27. The Kier molecular flexibility index (Phi) is 9.37. The van der Waals surface area contributed by atoms with E-state index in [1.54, 1.807) is 0 Å². The molecule has 0 radical (unpaired) electrons. The summed E-state index contributed by atoms with van der Waals surface area (Å²) in [6, 6.07) is 27.8. The van der Waals surface area contributed by atoms with Gasteiger partial charge in [0.1, 0.15) is 0 Å². The lowest BCUT2D eigenvalue weighted by Crippen LogP contribution is -2.36. The van der Waals surface area contributed by atoms with Crippen molar-refractivity contribution in [2.75, 3.05) is 36.5 Å². The summed E-state index contributed by atoms with van der Waals surface area (Å²) in [5, 5.41) is 14.1. The van der Waals surface area contributed by atoms with E-state index < -0.39 is 4.92 Å². The van der Waals surface area contributed by atoms with Crippen LogP contribution in [0.25, 0.3) is 11.1 Å². The van der Waals surface area contributed by atoms with Crippen molar-refractivity contribution < 1.29 is 19.2 Å². The molecule has 0 aromatic heterocycles. The highest BCUT2D eigenvalue weighted by molar-refractivity contribution is 6.06. The second-order valence-corrected chi connectivity index (χ2v) is 11.8. The number of nitro benzene ring substituents is 1. The number of nitrogens with two attached hydrogens (primary N) is 1. The first-order chi connectivity index (χ1) is 22.4. The predicted octanol–water partition coefficient (Wildman–Crippen LogP) is 5.75. The number of hydrogen-bond acceptors (Lipinski definition) is 7. The molecule has 1 aliphatic heterocycles. The molecule has 4 aromatic rings. The Hall–Kier alpha value is -5.06. The third kappa shape index (κ3) is 7.42. The molecule has 1 saturated heterocycles. The third-order valence-electron chi connectivity index (χ3n) is 8.41. The Morgan fingerprint density at radius 2 is 1.52 bits per heavy atom. The Bertz CT molecular complexity index is 1730. The molecule has 10 heteroatoms. The molecule has 3 N–H and O–H groups in total. The van der Waals surface area contributed by atoms with Crippen LogP contribution in [0.2, 0.25) is 0 Å². The largest absolute Gasteiger partial charge is 0.378 e. The number of carbonyl (C=O) groups is 2. The Morgan fingerprint density at radius 3 is 2.20 bits per heavy atom. The van der Waals surface area contributed by atoms with E-state index in [0.717, 1.165) is 46.3 Å². The van der Waals surface area contributed by atoms with E-state index in [1.807, 2.05) is 59.5 Å². The van der Waals surface area contributed by atoms with Gasteiger partial charge in [-0.3, -0.25) is 19.7 Å². The van der Waals surface area contributed by atoms with Gasteiger partial charge in [0.05, 0.1) is 29.5 Å². The summed E-state index contributed by atoms with van der Waals surface area (Å²) in [7, 11) is 0. The van der Waals surface area contributed by atoms with Gasteiger partial charge < -0.3 is 25.6 Å². The third-order valence-corrected chi connectivity index (χ3v) is 8.41. The maximum Gasteiger partial charge on any atom is 0.269 e. The number of amides is 2. The zero-order valence-electron chi connectivity index (χ0n) is 25.6. The summed E-state index contributed by atoms with van der Waals surface area (Å²) in [5.41, 5.74) is 12.6. The molecule has 1 saturated carbocycles. The van der Waals surface area contributed by atoms with Crippen LogP contribution in [-0.4, -0.2) is 47.9 Å². The number of carbonyl (C=O) groups excluding carboxylic acids is 2. The summed E-state index contributed by atoms with van der Waals surface area (Å²) in [5.74, 6) is -0.0894. The molecule has 6 rings (SSSR count). The van der Waals surface area contributed by atoms with Gasteiger partial charge in [-0.05, 0) is 71.0 Å². The van der Waals surface area contributed by atoms with Crippen LogP contribution in [0, 0.1) is 16.0 Å². The number of ether oxygens (including phenoxy) is 1. The van der Waals surface area contributed by atoms with Gasteiger partial charge in [-0.1, -0.05) is 48.5 Å². The average molecular weight is 620 g/mol. The van der Waals surface area contributed by atoms with Crippen molar-refractivity contribution in [1.82, 2.24) is 4.90 Å². The lowest BCUT2D eigenvalue weighted by Gasteiger charge is -2.31. The first-order valence-corrected chi connectivity index (χ1v) is 15.6. The lowest BCUT2D eigenvalue weighted by molar-refractivity contribution is -0.384. The van der Waals surface area contributed by atoms with Crippen LogP contribution in [0.5, 0.6) is 0 Å². The van der Waals surface area contributed by atoms with E-state index in [0.29, 0.717) is 57.2 Å². The van der Waals surface area contributed by atoms with Crippen molar-refractivity contribution in [1.29, 1.82) is 0 Å². The highest BCUT2D eigenvalue weighted by Gasteiger charge is 2.33. The number of hydrogen-bond donors (Lipinski definition) is 2. The fourth-order valence-corrected chi connectivity index (χ4v) is 5.77. The average Bonchev–Trinajstić information content (AvgIpc) is 3.94. The highest BCUT2D eigenvalue weighted by Crippen LogP contribution is 2.35. The number of benzene rings is 4.